The Balaban J connectivity index is 1.86. The van der Waals surface area contributed by atoms with Crippen LogP contribution in [-0.4, -0.2) is 53.6 Å². The summed E-state index contributed by atoms with van der Waals surface area (Å²) in [6.45, 7) is 7.23. The van der Waals surface area contributed by atoms with Crippen LogP contribution in [0.1, 0.15) is 25.5 Å². The van der Waals surface area contributed by atoms with Gasteiger partial charge in [0.15, 0.2) is 0 Å². The van der Waals surface area contributed by atoms with E-state index in [4.69, 9.17) is 9.52 Å². The number of rotatable bonds is 8. The van der Waals surface area contributed by atoms with E-state index in [2.05, 4.69) is 9.80 Å². The second kappa shape index (κ2) is 7.45. The molecule has 1 aromatic rings. The summed E-state index contributed by atoms with van der Waals surface area (Å²) in [6, 6.07) is 3.81. The van der Waals surface area contributed by atoms with Gasteiger partial charge in [0.2, 0.25) is 0 Å². The molecule has 0 aromatic carbocycles. The first-order chi connectivity index (χ1) is 9.65. The lowest BCUT2D eigenvalue weighted by atomic mass is 10.1. The van der Waals surface area contributed by atoms with Crippen molar-refractivity contribution in [1.82, 2.24) is 9.80 Å². The van der Waals surface area contributed by atoms with E-state index in [9.17, 15) is 4.79 Å². The van der Waals surface area contributed by atoms with Crippen molar-refractivity contribution in [3.05, 3.63) is 24.2 Å². The summed E-state index contributed by atoms with van der Waals surface area (Å²) in [7, 11) is 0. The Kier molecular flexibility index (Phi) is 5.61. The van der Waals surface area contributed by atoms with E-state index in [0.717, 1.165) is 18.8 Å². The second-order valence-electron chi connectivity index (χ2n) is 5.60. The average Bonchev–Trinajstić information content (AvgIpc) is 3.08. The number of aliphatic carboxylic acids is 1. The van der Waals surface area contributed by atoms with Gasteiger partial charge in [0.05, 0.1) is 18.7 Å². The lowest BCUT2D eigenvalue weighted by Crippen LogP contribution is -2.37. The maximum atomic E-state index is 11.0. The molecule has 2 rings (SSSR count). The molecule has 0 amide bonds. The van der Waals surface area contributed by atoms with Crippen molar-refractivity contribution >= 4 is 5.97 Å². The summed E-state index contributed by atoms with van der Waals surface area (Å²) in [6.07, 6.45) is 4.22. The maximum Gasteiger partial charge on any atom is 0.307 e. The highest BCUT2D eigenvalue weighted by molar-refractivity contribution is 5.69. The van der Waals surface area contributed by atoms with Gasteiger partial charge in [0.1, 0.15) is 5.76 Å². The molecule has 1 aromatic heterocycles. The third kappa shape index (κ3) is 4.65. The van der Waals surface area contributed by atoms with Crippen LogP contribution in [0.15, 0.2) is 22.8 Å². The molecule has 1 aliphatic heterocycles. The van der Waals surface area contributed by atoms with E-state index in [0.29, 0.717) is 13.1 Å². The molecule has 0 radical (unpaired) electrons. The van der Waals surface area contributed by atoms with E-state index in [1.165, 1.54) is 25.9 Å². The molecule has 1 unspecified atom stereocenters. The van der Waals surface area contributed by atoms with Crippen LogP contribution < -0.4 is 0 Å². The second-order valence-corrected chi connectivity index (χ2v) is 5.60. The fraction of sp³-hybridized carbons (Fsp3) is 0.667. The van der Waals surface area contributed by atoms with Crippen LogP contribution in [0.3, 0.4) is 0 Å². The average molecular weight is 280 g/mol. The molecule has 0 bridgehead atoms. The monoisotopic (exact) mass is 280 g/mol. The lowest BCUT2D eigenvalue weighted by Gasteiger charge is -2.25. The van der Waals surface area contributed by atoms with Crippen LogP contribution in [0, 0.1) is 5.92 Å². The van der Waals surface area contributed by atoms with Crippen LogP contribution in [-0.2, 0) is 11.3 Å². The molecule has 112 valence electrons. The first kappa shape index (κ1) is 15.1. The highest BCUT2D eigenvalue weighted by atomic mass is 16.4. The number of hydrogen-bond donors (Lipinski definition) is 1. The normalized spacial score (nSPS) is 17.7. The van der Waals surface area contributed by atoms with Crippen LogP contribution in [0.4, 0.5) is 0 Å². The number of carbonyl (C=O) groups is 1. The van der Waals surface area contributed by atoms with Gasteiger partial charge in [-0.15, -0.1) is 0 Å². The summed E-state index contributed by atoms with van der Waals surface area (Å²) >= 11 is 0. The zero-order valence-corrected chi connectivity index (χ0v) is 12.1. The Labute approximate surface area is 120 Å². The van der Waals surface area contributed by atoms with Crippen molar-refractivity contribution in [1.29, 1.82) is 0 Å². The van der Waals surface area contributed by atoms with E-state index in [-0.39, 0.29) is 5.92 Å². The summed E-state index contributed by atoms with van der Waals surface area (Å²) in [4.78, 5) is 15.7. The fourth-order valence-electron chi connectivity index (χ4n) is 2.61. The molecule has 20 heavy (non-hydrogen) atoms. The summed E-state index contributed by atoms with van der Waals surface area (Å²) < 4.78 is 5.38. The third-order valence-electron chi connectivity index (χ3n) is 3.84. The molecule has 1 N–H and O–H groups in total. The SMILES string of the molecule is CC(CN(CCN1CCCC1)Cc1ccco1)C(=O)O. The fourth-order valence-corrected chi connectivity index (χ4v) is 2.61. The maximum absolute atomic E-state index is 11.0. The highest BCUT2D eigenvalue weighted by Crippen LogP contribution is 2.11. The Bertz CT molecular complexity index is 399. The summed E-state index contributed by atoms with van der Waals surface area (Å²) in [5.41, 5.74) is 0. The van der Waals surface area contributed by atoms with Crippen molar-refractivity contribution in [2.45, 2.75) is 26.3 Å². The third-order valence-corrected chi connectivity index (χ3v) is 3.84. The van der Waals surface area contributed by atoms with Gasteiger partial charge in [-0.3, -0.25) is 9.69 Å². The van der Waals surface area contributed by atoms with Crippen LogP contribution in [0.25, 0.3) is 0 Å². The van der Waals surface area contributed by atoms with E-state index in [1.54, 1.807) is 13.2 Å². The van der Waals surface area contributed by atoms with Crippen molar-refractivity contribution < 1.29 is 14.3 Å². The molecule has 5 nitrogen and oxygen atoms in total. The molecular weight excluding hydrogens is 256 g/mol. The molecular formula is C15H24N2O3. The predicted octanol–water partition coefficient (Wildman–Crippen LogP) is 1.90. The van der Waals surface area contributed by atoms with E-state index < -0.39 is 5.97 Å². The first-order valence-electron chi connectivity index (χ1n) is 7.35. The topological polar surface area (TPSA) is 56.9 Å². The summed E-state index contributed by atoms with van der Waals surface area (Å²) in [5, 5.41) is 9.08. The van der Waals surface area contributed by atoms with E-state index >= 15 is 0 Å². The van der Waals surface area contributed by atoms with Gasteiger partial charge < -0.3 is 14.4 Å². The largest absolute Gasteiger partial charge is 0.481 e. The molecule has 1 atom stereocenters. The van der Waals surface area contributed by atoms with Gasteiger partial charge in [0, 0.05) is 19.6 Å². The number of likely N-dealkylation sites (tertiary alicyclic amines) is 1. The van der Waals surface area contributed by atoms with Crippen LogP contribution >= 0.6 is 0 Å². The highest BCUT2D eigenvalue weighted by Gasteiger charge is 2.19. The molecule has 5 heteroatoms. The smallest absolute Gasteiger partial charge is 0.307 e. The van der Waals surface area contributed by atoms with Gasteiger partial charge in [0.25, 0.3) is 0 Å². The number of nitrogens with zero attached hydrogens (tertiary/aromatic N) is 2. The van der Waals surface area contributed by atoms with Crippen molar-refractivity contribution in [3.8, 4) is 0 Å². The Hall–Kier alpha value is -1.33. The van der Waals surface area contributed by atoms with Crippen LogP contribution in [0.5, 0.6) is 0 Å². The Morgan fingerprint density at radius 3 is 2.85 bits per heavy atom. The molecule has 1 fully saturated rings. The van der Waals surface area contributed by atoms with Gasteiger partial charge in [-0.1, -0.05) is 6.92 Å². The molecule has 0 aliphatic carbocycles. The number of hydrogen-bond acceptors (Lipinski definition) is 4. The molecule has 0 spiro atoms. The molecule has 1 aliphatic rings. The van der Waals surface area contributed by atoms with Gasteiger partial charge in [-0.25, -0.2) is 0 Å². The van der Waals surface area contributed by atoms with Crippen molar-refractivity contribution in [2.75, 3.05) is 32.7 Å². The van der Waals surface area contributed by atoms with Crippen molar-refractivity contribution in [3.63, 3.8) is 0 Å². The molecule has 1 saturated heterocycles. The number of carboxylic acid groups (broad SMARTS) is 1. The minimum absolute atomic E-state index is 0.358. The first-order valence-corrected chi connectivity index (χ1v) is 7.35. The van der Waals surface area contributed by atoms with Gasteiger partial charge >= 0.3 is 5.97 Å². The number of carboxylic acids is 1. The predicted molar refractivity (Wildman–Crippen MR) is 76.5 cm³/mol. The quantitative estimate of drug-likeness (QED) is 0.788. The van der Waals surface area contributed by atoms with E-state index in [1.807, 2.05) is 12.1 Å². The Morgan fingerprint density at radius 2 is 2.25 bits per heavy atom. The van der Waals surface area contributed by atoms with Gasteiger partial charge in [-0.05, 0) is 38.1 Å². The van der Waals surface area contributed by atoms with Crippen LogP contribution in [0.2, 0.25) is 0 Å². The standard InChI is InChI=1S/C15H24N2O3/c1-13(15(18)19)11-17(12-14-5-4-10-20-14)9-8-16-6-2-3-7-16/h4-5,10,13H,2-3,6-9,11-12H2,1H3,(H,18,19). The zero-order valence-electron chi connectivity index (χ0n) is 12.1. The minimum Gasteiger partial charge on any atom is -0.481 e. The van der Waals surface area contributed by atoms with Crippen molar-refractivity contribution in [2.24, 2.45) is 5.92 Å². The number of furan rings is 1. The minimum atomic E-state index is -0.740. The lowest BCUT2D eigenvalue weighted by molar-refractivity contribution is -0.141. The molecule has 0 saturated carbocycles. The summed E-state index contributed by atoms with van der Waals surface area (Å²) in [5.74, 6) is -0.205. The van der Waals surface area contributed by atoms with Gasteiger partial charge in [-0.2, -0.15) is 0 Å². The zero-order chi connectivity index (χ0) is 14.4. The molecule has 2 heterocycles. The Morgan fingerprint density at radius 1 is 1.50 bits per heavy atom.